The Labute approximate surface area is 137 Å². The minimum absolute atomic E-state index is 0.0923. The lowest BCUT2D eigenvalue weighted by Gasteiger charge is -2.29. The second kappa shape index (κ2) is 6.88. The van der Waals surface area contributed by atoms with Crippen LogP contribution in [0.3, 0.4) is 0 Å². The van der Waals surface area contributed by atoms with Gasteiger partial charge in [0.25, 0.3) is 5.91 Å². The van der Waals surface area contributed by atoms with Gasteiger partial charge in [-0.25, -0.2) is 9.97 Å². The van der Waals surface area contributed by atoms with E-state index in [4.69, 9.17) is 11.5 Å². The Hall–Kier alpha value is -2.26. The first-order chi connectivity index (χ1) is 11.1. The van der Waals surface area contributed by atoms with E-state index < -0.39 is 5.91 Å². The van der Waals surface area contributed by atoms with E-state index in [2.05, 4.69) is 25.0 Å². The molecule has 2 heterocycles. The SMILES string of the molecule is NC(=O)c1ncc(N[C@@H]2CCCC[C@@H]2N)nc1Nc1cnsc1. The van der Waals surface area contributed by atoms with Crippen LogP contribution in [0.15, 0.2) is 17.8 Å². The minimum Gasteiger partial charge on any atom is -0.364 e. The Kier molecular flexibility index (Phi) is 4.68. The van der Waals surface area contributed by atoms with Gasteiger partial charge in [-0.05, 0) is 24.4 Å². The minimum atomic E-state index is -0.635. The van der Waals surface area contributed by atoms with E-state index in [9.17, 15) is 4.79 Å². The van der Waals surface area contributed by atoms with Crippen LogP contribution >= 0.6 is 11.5 Å². The molecule has 1 aliphatic carbocycles. The van der Waals surface area contributed by atoms with Crippen molar-refractivity contribution in [3.05, 3.63) is 23.5 Å². The zero-order chi connectivity index (χ0) is 16.2. The van der Waals surface area contributed by atoms with Crippen LogP contribution in [-0.2, 0) is 0 Å². The number of nitrogens with one attached hydrogen (secondary N) is 2. The molecule has 23 heavy (non-hydrogen) atoms. The molecule has 1 aliphatic rings. The maximum atomic E-state index is 11.5. The monoisotopic (exact) mass is 333 g/mol. The number of aromatic nitrogens is 3. The highest BCUT2D eigenvalue weighted by Crippen LogP contribution is 2.23. The van der Waals surface area contributed by atoms with Crippen molar-refractivity contribution in [1.82, 2.24) is 14.3 Å². The maximum Gasteiger partial charge on any atom is 0.271 e. The van der Waals surface area contributed by atoms with Gasteiger partial charge in [-0.2, -0.15) is 4.37 Å². The number of hydrogen-bond donors (Lipinski definition) is 4. The largest absolute Gasteiger partial charge is 0.364 e. The van der Waals surface area contributed by atoms with Crippen LogP contribution in [0.4, 0.5) is 17.3 Å². The molecule has 0 saturated heterocycles. The molecule has 9 heteroatoms. The zero-order valence-corrected chi connectivity index (χ0v) is 13.3. The summed E-state index contributed by atoms with van der Waals surface area (Å²) in [7, 11) is 0. The van der Waals surface area contributed by atoms with Gasteiger partial charge < -0.3 is 22.1 Å². The predicted octanol–water partition coefficient (Wildman–Crippen LogP) is 1.46. The van der Waals surface area contributed by atoms with E-state index in [1.54, 1.807) is 6.20 Å². The molecule has 0 bridgehead atoms. The van der Waals surface area contributed by atoms with Crippen LogP contribution < -0.4 is 22.1 Å². The summed E-state index contributed by atoms with van der Waals surface area (Å²) < 4.78 is 4.00. The molecule has 0 aliphatic heterocycles. The molecule has 2 aromatic heterocycles. The van der Waals surface area contributed by atoms with E-state index in [1.165, 1.54) is 17.7 Å². The van der Waals surface area contributed by atoms with Gasteiger partial charge in [0, 0.05) is 17.5 Å². The first-order valence-corrected chi connectivity index (χ1v) is 8.32. The molecule has 0 aromatic carbocycles. The molecule has 2 atom stereocenters. The number of anilines is 3. The second-order valence-corrected chi connectivity index (χ2v) is 6.21. The summed E-state index contributed by atoms with van der Waals surface area (Å²) >= 11 is 1.30. The molecule has 1 saturated carbocycles. The normalized spacial score (nSPS) is 20.9. The molecule has 8 nitrogen and oxygen atoms in total. The van der Waals surface area contributed by atoms with Crippen LogP contribution in [0.5, 0.6) is 0 Å². The summed E-state index contributed by atoms with van der Waals surface area (Å²) in [5, 5.41) is 8.15. The van der Waals surface area contributed by atoms with Crippen molar-refractivity contribution in [2.75, 3.05) is 10.6 Å². The molecule has 2 aromatic rings. The highest BCUT2D eigenvalue weighted by atomic mass is 32.1. The molecule has 1 fully saturated rings. The Balaban J connectivity index is 1.82. The average molecular weight is 333 g/mol. The lowest BCUT2D eigenvalue weighted by molar-refractivity contribution is 0.0996. The smallest absolute Gasteiger partial charge is 0.271 e. The Bertz CT molecular complexity index is 676. The highest BCUT2D eigenvalue weighted by molar-refractivity contribution is 7.04. The van der Waals surface area contributed by atoms with E-state index >= 15 is 0 Å². The first kappa shape index (κ1) is 15.6. The third-order valence-electron chi connectivity index (χ3n) is 3.85. The molecule has 0 spiro atoms. The van der Waals surface area contributed by atoms with Gasteiger partial charge in [-0.1, -0.05) is 12.8 Å². The number of carbonyl (C=O) groups is 1. The van der Waals surface area contributed by atoms with Gasteiger partial charge in [0.1, 0.15) is 5.82 Å². The number of hydrogen-bond acceptors (Lipinski definition) is 8. The Morgan fingerprint density at radius 3 is 2.83 bits per heavy atom. The van der Waals surface area contributed by atoms with Crippen LogP contribution in [0.25, 0.3) is 0 Å². The predicted molar refractivity (Wildman–Crippen MR) is 89.8 cm³/mol. The van der Waals surface area contributed by atoms with Crippen LogP contribution in [0, 0.1) is 0 Å². The van der Waals surface area contributed by atoms with Crippen LogP contribution in [0.2, 0.25) is 0 Å². The van der Waals surface area contributed by atoms with E-state index in [1.807, 2.05) is 5.38 Å². The number of nitrogens with two attached hydrogens (primary N) is 2. The fraction of sp³-hybridized carbons (Fsp3) is 0.429. The van der Waals surface area contributed by atoms with Gasteiger partial charge >= 0.3 is 0 Å². The topological polar surface area (TPSA) is 132 Å². The first-order valence-electron chi connectivity index (χ1n) is 7.49. The Morgan fingerprint density at radius 2 is 2.13 bits per heavy atom. The van der Waals surface area contributed by atoms with E-state index in [-0.39, 0.29) is 17.8 Å². The molecule has 6 N–H and O–H groups in total. The second-order valence-electron chi connectivity index (χ2n) is 5.55. The summed E-state index contributed by atoms with van der Waals surface area (Å²) in [5.74, 6) is 0.249. The molecular formula is C14H19N7OS. The van der Waals surface area contributed by atoms with Gasteiger partial charge in [0.2, 0.25) is 0 Å². The lowest BCUT2D eigenvalue weighted by atomic mass is 9.91. The summed E-state index contributed by atoms with van der Waals surface area (Å²) in [5.41, 5.74) is 12.3. The van der Waals surface area contributed by atoms with E-state index in [0.29, 0.717) is 11.6 Å². The standard InChI is InChI=1S/C14H19N7OS/c15-9-3-1-2-4-10(9)20-11-6-17-12(13(16)22)14(21-11)19-8-5-18-23-7-8/h5-7,9-10H,1-4,15H2,(H2,16,22)(H2,19,20,21)/t9-,10+/m0/s1. The number of amides is 1. The van der Waals surface area contributed by atoms with Gasteiger partial charge in [-0.3, -0.25) is 4.79 Å². The van der Waals surface area contributed by atoms with Crippen molar-refractivity contribution in [3.8, 4) is 0 Å². The number of carbonyl (C=O) groups excluding carboxylic acids is 1. The van der Waals surface area contributed by atoms with Crippen molar-refractivity contribution in [2.24, 2.45) is 11.5 Å². The molecule has 0 radical (unpaired) electrons. The lowest BCUT2D eigenvalue weighted by Crippen LogP contribution is -2.42. The number of rotatable bonds is 5. The Morgan fingerprint density at radius 1 is 1.30 bits per heavy atom. The van der Waals surface area contributed by atoms with Gasteiger partial charge in [-0.15, -0.1) is 0 Å². The van der Waals surface area contributed by atoms with Crippen molar-refractivity contribution < 1.29 is 4.79 Å². The van der Waals surface area contributed by atoms with Crippen LogP contribution in [-0.4, -0.2) is 32.3 Å². The molecular weight excluding hydrogens is 314 g/mol. The summed E-state index contributed by atoms with van der Waals surface area (Å²) in [4.78, 5) is 20.1. The number of nitrogens with zero attached hydrogens (tertiary/aromatic N) is 3. The molecule has 122 valence electrons. The summed E-state index contributed by atoms with van der Waals surface area (Å²) in [6, 6.07) is 0.256. The fourth-order valence-electron chi connectivity index (χ4n) is 2.66. The number of primary amides is 1. The van der Waals surface area contributed by atoms with Crippen molar-refractivity contribution in [1.29, 1.82) is 0 Å². The van der Waals surface area contributed by atoms with Crippen molar-refractivity contribution >= 4 is 34.8 Å². The third-order valence-corrected chi connectivity index (χ3v) is 4.44. The van der Waals surface area contributed by atoms with Crippen molar-refractivity contribution in [2.45, 2.75) is 37.8 Å². The molecule has 1 amide bonds. The fourth-order valence-corrected chi connectivity index (χ4v) is 3.13. The van der Waals surface area contributed by atoms with Crippen molar-refractivity contribution in [3.63, 3.8) is 0 Å². The van der Waals surface area contributed by atoms with E-state index in [0.717, 1.165) is 31.4 Å². The summed E-state index contributed by atoms with van der Waals surface area (Å²) in [6.45, 7) is 0. The van der Waals surface area contributed by atoms with Crippen LogP contribution in [0.1, 0.15) is 36.2 Å². The molecule has 0 unspecified atom stereocenters. The molecule has 3 rings (SSSR count). The van der Waals surface area contributed by atoms with Gasteiger partial charge in [0.05, 0.1) is 18.1 Å². The maximum absolute atomic E-state index is 11.5. The quantitative estimate of drug-likeness (QED) is 0.651. The average Bonchev–Trinajstić information content (AvgIpc) is 3.02. The third kappa shape index (κ3) is 3.74. The van der Waals surface area contributed by atoms with Gasteiger partial charge in [0.15, 0.2) is 11.5 Å². The zero-order valence-electron chi connectivity index (χ0n) is 12.5. The summed E-state index contributed by atoms with van der Waals surface area (Å²) in [6.07, 6.45) is 7.45. The highest BCUT2D eigenvalue weighted by Gasteiger charge is 2.22.